The lowest BCUT2D eigenvalue weighted by molar-refractivity contribution is 0.516. The maximum atomic E-state index is 8.50. The number of hydrogen-bond acceptors (Lipinski definition) is 1. The first-order valence-electron chi connectivity index (χ1n) is 14.1. The highest BCUT2D eigenvalue weighted by atomic mass is 14.2. The first-order chi connectivity index (χ1) is 14.9. The van der Waals surface area contributed by atoms with Crippen molar-refractivity contribution in [3.63, 3.8) is 0 Å². The second-order valence-corrected chi connectivity index (χ2v) is 9.60. The van der Waals surface area contributed by atoms with Crippen molar-refractivity contribution in [1.29, 1.82) is 5.26 Å². The van der Waals surface area contributed by atoms with E-state index in [1.54, 1.807) is 0 Å². The van der Waals surface area contributed by atoms with Crippen LogP contribution in [0.3, 0.4) is 0 Å². The molecule has 0 N–H and O–H groups in total. The topological polar surface area (TPSA) is 23.8 Å². The molecule has 0 saturated carbocycles. The van der Waals surface area contributed by atoms with Gasteiger partial charge in [0.15, 0.2) is 0 Å². The van der Waals surface area contributed by atoms with E-state index < -0.39 is 0 Å². The summed E-state index contributed by atoms with van der Waals surface area (Å²) in [6, 6.07) is 2.23. The fraction of sp³-hybridized carbons (Fsp3) is 0.931. The molecule has 0 aromatic heterocycles. The summed E-state index contributed by atoms with van der Waals surface area (Å²) < 4.78 is 0. The Hall–Kier alpha value is -0.510. The van der Waals surface area contributed by atoms with Crippen LogP contribution in [0.15, 0.2) is 0 Å². The number of nitrogens with zero attached hydrogens (tertiary/aromatic N) is 1. The van der Waals surface area contributed by atoms with Gasteiger partial charge in [0, 0.05) is 6.42 Å². The average Bonchev–Trinajstić information content (AvgIpc) is 2.76. The first-order valence-corrected chi connectivity index (χ1v) is 14.1. The van der Waals surface area contributed by atoms with Crippen LogP contribution in [0, 0.1) is 18.3 Å². The van der Waals surface area contributed by atoms with Crippen LogP contribution in [0.5, 0.6) is 0 Å². The average molecular weight is 419 g/mol. The molecule has 0 aliphatic heterocycles. The number of nitriles is 1. The van der Waals surface area contributed by atoms with Crippen LogP contribution in [0.4, 0.5) is 0 Å². The molecule has 0 bridgehead atoms. The molecule has 0 unspecified atom stereocenters. The normalized spacial score (nSPS) is 11.1. The van der Waals surface area contributed by atoms with Gasteiger partial charge in [-0.1, -0.05) is 167 Å². The third kappa shape index (κ3) is 27.5. The molecular weight excluding hydrogens is 362 g/mol. The maximum absolute atomic E-state index is 8.50. The van der Waals surface area contributed by atoms with Gasteiger partial charge in [0.1, 0.15) is 0 Å². The van der Waals surface area contributed by atoms with Gasteiger partial charge in [-0.15, -0.1) is 0 Å². The van der Waals surface area contributed by atoms with Crippen molar-refractivity contribution < 1.29 is 0 Å². The second kappa shape index (κ2) is 28.5. The minimum atomic E-state index is 0.748. The summed E-state index contributed by atoms with van der Waals surface area (Å²) in [7, 11) is 0. The zero-order valence-corrected chi connectivity index (χ0v) is 20.7. The van der Waals surface area contributed by atoms with Crippen LogP contribution in [-0.2, 0) is 0 Å². The molecule has 0 saturated heterocycles. The summed E-state index contributed by atoms with van der Waals surface area (Å²) in [5, 5.41) is 8.50. The SMILES string of the molecule is [CH2]CCCCCCCCCCCCCCCCCCCCCCCCCCCC#N. The van der Waals surface area contributed by atoms with E-state index in [1.807, 2.05) is 0 Å². The Kier molecular flexibility index (Phi) is 28.0. The zero-order valence-electron chi connectivity index (χ0n) is 20.7. The van der Waals surface area contributed by atoms with E-state index in [0.29, 0.717) is 0 Å². The minimum Gasteiger partial charge on any atom is -0.198 e. The van der Waals surface area contributed by atoms with Crippen molar-refractivity contribution in [2.45, 2.75) is 173 Å². The van der Waals surface area contributed by atoms with E-state index in [1.165, 1.54) is 154 Å². The van der Waals surface area contributed by atoms with E-state index >= 15 is 0 Å². The van der Waals surface area contributed by atoms with Gasteiger partial charge >= 0.3 is 0 Å². The third-order valence-electron chi connectivity index (χ3n) is 6.54. The van der Waals surface area contributed by atoms with Crippen LogP contribution in [-0.4, -0.2) is 0 Å². The lowest BCUT2D eigenvalue weighted by Crippen LogP contribution is -1.84. The number of hydrogen-bond donors (Lipinski definition) is 0. The van der Waals surface area contributed by atoms with Gasteiger partial charge in [-0.05, 0) is 6.42 Å². The van der Waals surface area contributed by atoms with Crippen molar-refractivity contribution in [3.05, 3.63) is 6.92 Å². The molecule has 0 atom stereocenters. The van der Waals surface area contributed by atoms with Gasteiger partial charge in [-0.25, -0.2) is 0 Å². The smallest absolute Gasteiger partial charge is 0.0621 e. The molecule has 0 heterocycles. The highest BCUT2D eigenvalue weighted by Gasteiger charge is 1.96. The van der Waals surface area contributed by atoms with Crippen molar-refractivity contribution in [2.75, 3.05) is 0 Å². The zero-order chi connectivity index (χ0) is 21.8. The molecule has 0 aromatic carbocycles. The Bertz CT molecular complexity index is 330. The monoisotopic (exact) mass is 418 g/mol. The molecular formula is C29H56N. The van der Waals surface area contributed by atoms with Crippen LogP contribution in [0.2, 0.25) is 0 Å². The standard InChI is InChI=1S/C29H56N/c1-2-3-4-5-6-7-8-9-10-11-12-13-14-15-16-17-18-19-20-21-22-23-24-25-26-27-28-29-30/h1-28H2. The summed E-state index contributed by atoms with van der Waals surface area (Å²) in [4.78, 5) is 0. The van der Waals surface area contributed by atoms with E-state index in [2.05, 4.69) is 13.0 Å². The van der Waals surface area contributed by atoms with Gasteiger partial charge in [0.2, 0.25) is 0 Å². The van der Waals surface area contributed by atoms with Crippen LogP contribution in [0.25, 0.3) is 0 Å². The Labute approximate surface area is 191 Å². The van der Waals surface area contributed by atoms with E-state index in [0.717, 1.165) is 19.3 Å². The largest absolute Gasteiger partial charge is 0.198 e. The van der Waals surface area contributed by atoms with Gasteiger partial charge in [0.05, 0.1) is 6.07 Å². The predicted octanol–water partition coefficient (Wildman–Crippen LogP) is 10.9. The summed E-state index contributed by atoms with van der Waals surface area (Å²) in [5.74, 6) is 0. The molecule has 0 aliphatic carbocycles. The van der Waals surface area contributed by atoms with Gasteiger partial charge in [-0.2, -0.15) is 5.26 Å². The van der Waals surface area contributed by atoms with Crippen LogP contribution >= 0.6 is 0 Å². The lowest BCUT2D eigenvalue weighted by Gasteiger charge is -2.04. The Morgan fingerprint density at radius 3 is 0.733 bits per heavy atom. The van der Waals surface area contributed by atoms with Crippen molar-refractivity contribution in [3.8, 4) is 6.07 Å². The van der Waals surface area contributed by atoms with Crippen LogP contribution in [0.1, 0.15) is 173 Å². The van der Waals surface area contributed by atoms with Gasteiger partial charge < -0.3 is 0 Å². The van der Waals surface area contributed by atoms with E-state index in [9.17, 15) is 0 Å². The Morgan fingerprint density at radius 1 is 0.333 bits per heavy atom. The third-order valence-corrected chi connectivity index (χ3v) is 6.54. The highest BCUT2D eigenvalue weighted by Crippen LogP contribution is 2.16. The molecule has 0 amide bonds. The maximum Gasteiger partial charge on any atom is 0.0621 e. The molecule has 1 radical (unpaired) electrons. The van der Waals surface area contributed by atoms with Crippen molar-refractivity contribution >= 4 is 0 Å². The Balaban J connectivity index is 2.98. The summed E-state index contributed by atoms with van der Waals surface area (Å²) in [6.07, 6.45) is 37.4. The number of unbranched alkanes of at least 4 members (excludes halogenated alkanes) is 26. The number of rotatable bonds is 26. The lowest BCUT2D eigenvalue weighted by atomic mass is 10.0. The van der Waals surface area contributed by atoms with Crippen molar-refractivity contribution in [1.82, 2.24) is 0 Å². The summed E-state index contributed by atoms with van der Waals surface area (Å²) in [5.41, 5.74) is 0. The molecule has 0 spiro atoms. The highest BCUT2D eigenvalue weighted by molar-refractivity contribution is 4.67. The molecule has 0 fully saturated rings. The van der Waals surface area contributed by atoms with Crippen molar-refractivity contribution in [2.24, 2.45) is 0 Å². The summed E-state index contributed by atoms with van der Waals surface area (Å²) >= 11 is 0. The van der Waals surface area contributed by atoms with Crippen LogP contribution < -0.4 is 0 Å². The fourth-order valence-electron chi connectivity index (χ4n) is 4.45. The predicted molar refractivity (Wildman–Crippen MR) is 136 cm³/mol. The van der Waals surface area contributed by atoms with Gasteiger partial charge in [-0.3, -0.25) is 0 Å². The molecule has 1 heteroatoms. The van der Waals surface area contributed by atoms with E-state index in [4.69, 9.17) is 5.26 Å². The molecule has 177 valence electrons. The van der Waals surface area contributed by atoms with E-state index in [-0.39, 0.29) is 0 Å². The molecule has 30 heavy (non-hydrogen) atoms. The summed E-state index contributed by atoms with van der Waals surface area (Å²) in [6.45, 7) is 3.91. The first kappa shape index (κ1) is 29.5. The molecule has 0 aromatic rings. The Morgan fingerprint density at radius 2 is 0.533 bits per heavy atom. The van der Waals surface area contributed by atoms with Gasteiger partial charge in [0.25, 0.3) is 0 Å². The molecule has 0 aliphatic rings. The fourth-order valence-corrected chi connectivity index (χ4v) is 4.45. The minimum absolute atomic E-state index is 0.748. The molecule has 0 rings (SSSR count). The second-order valence-electron chi connectivity index (χ2n) is 9.60. The molecule has 1 nitrogen and oxygen atoms in total. The quantitative estimate of drug-likeness (QED) is 0.128.